The Morgan fingerprint density at radius 3 is 2.59 bits per heavy atom. The summed E-state index contributed by atoms with van der Waals surface area (Å²) in [5, 5.41) is 7.16. The molecule has 2 aliphatic carbocycles. The summed E-state index contributed by atoms with van der Waals surface area (Å²) in [6, 6.07) is 3.43. The zero-order valence-electron chi connectivity index (χ0n) is 31.6. The molecule has 1 aromatic carbocycles. The molecule has 54 heavy (non-hydrogen) atoms. The molecule has 3 aliphatic heterocycles. The van der Waals surface area contributed by atoms with Crippen LogP contribution < -0.4 is 20.1 Å². The van der Waals surface area contributed by atoms with E-state index in [2.05, 4.69) is 15.4 Å². The number of fused-ring (bicyclic) bond motifs is 5. The Hall–Kier alpha value is -3.91. The van der Waals surface area contributed by atoms with Crippen molar-refractivity contribution in [3.8, 4) is 5.75 Å². The third kappa shape index (κ3) is 7.39. The molecule has 3 N–H and O–H groups in total. The molecule has 292 valence electrons. The first-order chi connectivity index (χ1) is 25.3. The molecule has 0 radical (unpaired) electrons. The first-order valence-electron chi connectivity index (χ1n) is 19.0. The number of nitrogens with one attached hydrogen (secondary N) is 3. The van der Waals surface area contributed by atoms with Gasteiger partial charge in [0.2, 0.25) is 21.8 Å². The van der Waals surface area contributed by atoms with Crippen LogP contribution >= 0.6 is 11.6 Å². The van der Waals surface area contributed by atoms with Crippen LogP contribution in [-0.4, -0.2) is 82.2 Å². The highest BCUT2D eigenvalue weighted by Crippen LogP contribution is 2.49. The number of amides is 4. The molecule has 1 spiro atoms. The van der Waals surface area contributed by atoms with Crippen molar-refractivity contribution in [2.45, 2.75) is 139 Å². The Bertz CT molecular complexity index is 2050. The summed E-state index contributed by atoms with van der Waals surface area (Å²) in [7, 11) is -3.99. The second kappa shape index (κ2) is 13.7. The number of aromatic nitrogens is 1. The summed E-state index contributed by atoms with van der Waals surface area (Å²) >= 11 is 6.38. The maximum atomic E-state index is 14.7. The van der Waals surface area contributed by atoms with Gasteiger partial charge in [-0.05, 0) is 104 Å². The molecule has 5 aliphatic rings. The van der Waals surface area contributed by atoms with Crippen LogP contribution in [0.1, 0.15) is 103 Å². The smallest absolute Gasteiger partial charge is 0.408 e. The van der Waals surface area contributed by atoms with Gasteiger partial charge >= 0.3 is 6.09 Å². The maximum Gasteiger partial charge on any atom is 0.408 e. The van der Waals surface area contributed by atoms with E-state index in [1.165, 1.54) is 4.90 Å². The average Bonchev–Trinajstić information content (AvgIpc) is 3.98. The summed E-state index contributed by atoms with van der Waals surface area (Å²) in [5.41, 5.74) is -0.907. The molecule has 1 aromatic heterocycles. The minimum atomic E-state index is -3.99. The largest absolute Gasteiger partial charge is 0.483 e. The zero-order valence-corrected chi connectivity index (χ0v) is 33.1. The lowest BCUT2D eigenvalue weighted by molar-refractivity contribution is -0.141. The number of pyridine rings is 1. The van der Waals surface area contributed by atoms with E-state index >= 15 is 0 Å². The number of nitrogens with zero attached hydrogens (tertiary/aromatic N) is 2. The van der Waals surface area contributed by atoms with Gasteiger partial charge in [-0.3, -0.25) is 19.1 Å². The fourth-order valence-electron chi connectivity index (χ4n) is 8.11. The molecular weight excluding hydrogens is 734 g/mol. The molecule has 5 atom stereocenters. The number of aryl methyl sites for hydroxylation is 2. The Labute approximate surface area is 321 Å². The number of carbonyl (C=O) groups is 4. The number of hydrogen-bond acceptors (Lipinski definition) is 9. The number of rotatable bonds is 4. The van der Waals surface area contributed by atoms with Crippen LogP contribution in [-0.2, 0) is 35.6 Å². The van der Waals surface area contributed by atoms with Gasteiger partial charge in [-0.2, -0.15) is 0 Å². The standard InChI is InChI=1S/C39H50ClN5O8S/c1-23-31-26(27-19-25(40)13-14-28(27)41-23)15-16-38(52-31)21-30-32(46)43-39(34(48)44-54(50,51)37(5)17-18-37)20-24(39)11-9-7-6-8-10-12-29(33(47)45(30)22-38)42-35(49)53-36(2,3)4/h9,11,13-14,19,24,29-30H,6-8,10,12,15-18,20-22H2,1-5H3,(H,42,49)(H,43,46)(H,44,48)/b11-9-/t24?,29-,30-,38+,39+/m0/s1. The van der Waals surface area contributed by atoms with Crippen molar-refractivity contribution in [1.82, 2.24) is 25.2 Å². The van der Waals surface area contributed by atoms with Crippen molar-refractivity contribution in [3.63, 3.8) is 0 Å². The van der Waals surface area contributed by atoms with Gasteiger partial charge in [0.15, 0.2) is 0 Å². The fraction of sp³-hybridized carbons (Fsp3) is 0.615. The molecule has 2 saturated carbocycles. The number of halogens is 1. The predicted molar refractivity (Wildman–Crippen MR) is 202 cm³/mol. The van der Waals surface area contributed by atoms with Gasteiger partial charge in [-0.25, -0.2) is 18.2 Å². The Balaban J connectivity index is 1.24. The molecule has 4 heterocycles. The summed E-state index contributed by atoms with van der Waals surface area (Å²) in [5.74, 6) is -1.69. The van der Waals surface area contributed by atoms with E-state index in [4.69, 9.17) is 26.1 Å². The normalized spacial score (nSPS) is 30.0. The lowest BCUT2D eigenvalue weighted by Crippen LogP contribution is -2.58. The molecule has 4 amide bonds. The van der Waals surface area contributed by atoms with E-state index in [0.717, 1.165) is 29.3 Å². The second-order valence-corrected chi connectivity index (χ2v) is 19.7. The SMILES string of the molecule is Cc1nc2ccc(Cl)cc2c2c1O[C@]1(CC2)C[C@H]2C(=O)N[C@]3(C(=O)NS(=O)(=O)C4(C)CC4)CC3/C=C\CCCCC[C@H](NC(=O)OC(C)(C)C)C(=O)N2C1. The summed E-state index contributed by atoms with van der Waals surface area (Å²) < 4.78 is 40.0. The van der Waals surface area contributed by atoms with Crippen LogP contribution in [0.15, 0.2) is 30.4 Å². The van der Waals surface area contributed by atoms with Crippen molar-refractivity contribution >= 4 is 56.3 Å². The number of allylic oxidation sites excluding steroid dienone is 1. The van der Waals surface area contributed by atoms with Gasteiger partial charge in [-0.15, -0.1) is 0 Å². The highest BCUT2D eigenvalue weighted by atomic mass is 35.5. The molecule has 0 bridgehead atoms. The number of benzene rings is 1. The van der Waals surface area contributed by atoms with Crippen LogP contribution in [0.25, 0.3) is 10.9 Å². The Morgan fingerprint density at radius 2 is 1.87 bits per heavy atom. The fourth-order valence-corrected chi connectivity index (χ4v) is 9.60. The van der Waals surface area contributed by atoms with Crippen LogP contribution in [0, 0.1) is 12.8 Å². The summed E-state index contributed by atoms with van der Waals surface area (Å²) in [6.07, 6.45) is 8.56. The van der Waals surface area contributed by atoms with Gasteiger partial charge in [0.1, 0.15) is 34.6 Å². The van der Waals surface area contributed by atoms with Gasteiger partial charge in [0.25, 0.3) is 5.91 Å². The minimum Gasteiger partial charge on any atom is -0.483 e. The van der Waals surface area contributed by atoms with Crippen molar-refractivity contribution in [3.05, 3.63) is 46.6 Å². The monoisotopic (exact) mass is 783 g/mol. The third-order valence-electron chi connectivity index (χ3n) is 11.6. The molecule has 15 heteroatoms. The van der Waals surface area contributed by atoms with Crippen molar-refractivity contribution in [2.75, 3.05) is 6.54 Å². The summed E-state index contributed by atoms with van der Waals surface area (Å²) in [4.78, 5) is 62.5. The second-order valence-electron chi connectivity index (χ2n) is 17.1. The van der Waals surface area contributed by atoms with Crippen LogP contribution in [0.2, 0.25) is 5.02 Å². The van der Waals surface area contributed by atoms with E-state index in [-0.39, 0.29) is 19.4 Å². The van der Waals surface area contributed by atoms with Crippen LogP contribution in [0.5, 0.6) is 5.75 Å². The van der Waals surface area contributed by atoms with Crippen LogP contribution in [0.3, 0.4) is 0 Å². The van der Waals surface area contributed by atoms with Gasteiger partial charge < -0.3 is 25.0 Å². The zero-order chi connectivity index (χ0) is 38.8. The number of ether oxygens (including phenoxy) is 2. The van der Waals surface area contributed by atoms with Crippen molar-refractivity contribution < 1.29 is 37.1 Å². The average molecular weight is 784 g/mol. The Kier molecular flexibility index (Phi) is 9.72. The topological polar surface area (TPSA) is 173 Å². The quantitative estimate of drug-likeness (QED) is 0.355. The summed E-state index contributed by atoms with van der Waals surface area (Å²) in [6.45, 7) is 8.71. The number of carbonyl (C=O) groups excluding carboxylic acids is 4. The molecule has 1 saturated heterocycles. The number of alkyl carbamates (subject to hydrolysis) is 1. The first kappa shape index (κ1) is 38.4. The lowest BCUT2D eigenvalue weighted by Gasteiger charge is -2.36. The van der Waals surface area contributed by atoms with E-state index in [1.807, 2.05) is 31.2 Å². The van der Waals surface area contributed by atoms with E-state index in [0.29, 0.717) is 61.4 Å². The predicted octanol–water partition coefficient (Wildman–Crippen LogP) is 5.15. The molecule has 2 aromatic rings. The molecule has 7 rings (SSSR count). The van der Waals surface area contributed by atoms with Gasteiger partial charge in [0, 0.05) is 28.3 Å². The van der Waals surface area contributed by atoms with E-state index in [1.54, 1.807) is 33.8 Å². The van der Waals surface area contributed by atoms with Crippen molar-refractivity contribution in [2.24, 2.45) is 5.92 Å². The highest BCUT2D eigenvalue weighted by molar-refractivity contribution is 7.91. The molecule has 13 nitrogen and oxygen atoms in total. The minimum absolute atomic E-state index is 0.0398. The van der Waals surface area contributed by atoms with Gasteiger partial charge in [0.05, 0.1) is 22.5 Å². The van der Waals surface area contributed by atoms with Crippen molar-refractivity contribution in [1.29, 1.82) is 0 Å². The highest BCUT2D eigenvalue weighted by Gasteiger charge is 2.64. The van der Waals surface area contributed by atoms with Crippen LogP contribution in [0.4, 0.5) is 4.79 Å². The first-order valence-corrected chi connectivity index (χ1v) is 20.8. The lowest BCUT2D eigenvalue weighted by atomic mass is 9.87. The van der Waals surface area contributed by atoms with Gasteiger partial charge in [-0.1, -0.05) is 36.6 Å². The molecule has 3 fully saturated rings. The third-order valence-corrected chi connectivity index (χ3v) is 14.0. The van der Waals surface area contributed by atoms with E-state index < -0.39 is 73.3 Å². The number of hydrogen-bond donors (Lipinski definition) is 3. The van der Waals surface area contributed by atoms with E-state index in [9.17, 15) is 27.6 Å². The number of sulfonamides is 1. The maximum absolute atomic E-state index is 14.7. The molecule has 1 unspecified atom stereocenters. The Morgan fingerprint density at radius 1 is 1.11 bits per heavy atom. The molecular formula is C39H50ClN5O8S.